The van der Waals surface area contributed by atoms with Crippen LogP contribution < -0.4 is 19.7 Å². The molecule has 1 unspecified atom stereocenters. The Balaban J connectivity index is 1.71. The number of hydrogen-bond acceptors (Lipinski definition) is 11. The van der Waals surface area contributed by atoms with E-state index in [1.165, 1.54) is 6.92 Å². The minimum atomic E-state index is -2.22. The Labute approximate surface area is 218 Å². The molecule has 0 saturated heterocycles. The van der Waals surface area contributed by atoms with Gasteiger partial charge in [0.15, 0.2) is 5.82 Å². The van der Waals surface area contributed by atoms with Crippen LogP contribution in [0.4, 0.5) is 11.5 Å². The zero-order valence-corrected chi connectivity index (χ0v) is 20.6. The van der Waals surface area contributed by atoms with Gasteiger partial charge in [-0.2, -0.15) is 9.97 Å². The lowest BCUT2D eigenvalue weighted by Crippen LogP contribution is -2.61. The average Bonchev–Trinajstić information content (AvgIpc) is 2.93. The van der Waals surface area contributed by atoms with Crippen molar-refractivity contribution in [1.82, 2.24) is 9.97 Å². The predicted molar refractivity (Wildman–Crippen MR) is 135 cm³/mol. The molecular weight excluding hydrogens is 496 g/mol. The minimum Gasteiger partial charge on any atom is -0.471 e. The van der Waals surface area contributed by atoms with Gasteiger partial charge in [-0.25, -0.2) is 0 Å². The molecule has 0 saturated carbocycles. The topological polar surface area (TPSA) is 178 Å². The van der Waals surface area contributed by atoms with Crippen molar-refractivity contribution in [2.24, 2.45) is 0 Å². The van der Waals surface area contributed by atoms with Crippen LogP contribution in [0.25, 0.3) is 0 Å². The molecule has 0 aliphatic carbocycles. The summed E-state index contributed by atoms with van der Waals surface area (Å²) < 4.78 is 11.7. The van der Waals surface area contributed by atoms with Crippen LogP contribution in [0.15, 0.2) is 60.7 Å². The normalized spacial score (nSPS) is 19.2. The number of nitrogens with zero attached hydrogens (tertiary/aromatic N) is 3. The summed E-state index contributed by atoms with van der Waals surface area (Å²) in [4.78, 5) is 22.6. The van der Waals surface area contributed by atoms with Gasteiger partial charge in [-0.05, 0) is 18.1 Å². The highest BCUT2D eigenvalue weighted by Crippen LogP contribution is 2.41. The molecule has 2 aromatic carbocycles. The summed E-state index contributed by atoms with van der Waals surface area (Å²) in [5.41, 5.74) is -0.531. The summed E-state index contributed by atoms with van der Waals surface area (Å²) in [6.45, 7) is 0.0505. The molecule has 3 aromatic rings. The number of anilines is 2. The van der Waals surface area contributed by atoms with Gasteiger partial charge < -0.3 is 45.2 Å². The summed E-state index contributed by atoms with van der Waals surface area (Å²) in [6, 6.07) is 18.4. The molecule has 4 atom stereocenters. The monoisotopic (exact) mass is 526 g/mol. The molecule has 1 aliphatic heterocycles. The Bertz CT molecular complexity index is 1230. The van der Waals surface area contributed by atoms with Crippen molar-refractivity contribution in [3.05, 3.63) is 71.8 Å². The Morgan fingerprint density at radius 2 is 1.50 bits per heavy atom. The Kier molecular flexibility index (Phi) is 8.39. The van der Waals surface area contributed by atoms with E-state index in [-0.39, 0.29) is 36.6 Å². The van der Waals surface area contributed by atoms with Gasteiger partial charge in [0.25, 0.3) is 5.91 Å². The highest BCUT2D eigenvalue weighted by Gasteiger charge is 2.47. The number of aliphatic hydroxyl groups is 5. The molecule has 0 radical (unpaired) electrons. The molecule has 0 bridgehead atoms. The number of fused-ring (bicyclic) bond motifs is 1. The lowest BCUT2D eigenvalue weighted by molar-refractivity contribution is -0.134. The van der Waals surface area contributed by atoms with Gasteiger partial charge in [0.2, 0.25) is 11.6 Å². The van der Waals surface area contributed by atoms with Gasteiger partial charge in [-0.15, -0.1) is 0 Å². The number of benzene rings is 2. The quantitative estimate of drug-likeness (QED) is 0.201. The van der Waals surface area contributed by atoms with Crippen LogP contribution in [0.1, 0.15) is 18.1 Å². The Morgan fingerprint density at radius 1 is 0.921 bits per heavy atom. The predicted octanol–water partition coefficient (Wildman–Crippen LogP) is 0.177. The smallest absolute Gasteiger partial charge is 0.322 e. The van der Waals surface area contributed by atoms with E-state index < -0.39 is 43.1 Å². The van der Waals surface area contributed by atoms with Gasteiger partial charge in [0.1, 0.15) is 37.2 Å². The summed E-state index contributed by atoms with van der Waals surface area (Å²) in [7, 11) is 0. The maximum absolute atomic E-state index is 12.9. The SMILES string of the molecule is CC1(O)C(=O)Nc2c(OCc3ccccc3)nc(OCc3ccccc3)nc2N1C[C@H](O)[C@H](O)[C@H](O)CO. The Morgan fingerprint density at radius 3 is 2.08 bits per heavy atom. The fourth-order valence-corrected chi connectivity index (χ4v) is 3.82. The Hall–Kier alpha value is -3.81. The van der Waals surface area contributed by atoms with E-state index in [0.717, 1.165) is 16.0 Å². The first-order valence-electron chi connectivity index (χ1n) is 11.9. The first-order valence-corrected chi connectivity index (χ1v) is 11.9. The third-order valence-corrected chi connectivity index (χ3v) is 6.06. The number of rotatable bonds is 11. The number of carbonyl (C=O) groups is 1. The van der Waals surface area contributed by atoms with Crippen LogP contribution in [0.5, 0.6) is 11.9 Å². The van der Waals surface area contributed by atoms with E-state index in [9.17, 15) is 25.2 Å². The van der Waals surface area contributed by atoms with E-state index in [1.807, 2.05) is 60.7 Å². The zero-order chi connectivity index (χ0) is 27.3. The first kappa shape index (κ1) is 27.2. The highest BCUT2D eigenvalue weighted by molar-refractivity contribution is 6.05. The van der Waals surface area contributed by atoms with Crippen molar-refractivity contribution in [1.29, 1.82) is 0 Å². The van der Waals surface area contributed by atoms with Crippen molar-refractivity contribution in [3.8, 4) is 11.9 Å². The zero-order valence-electron chi connectivity index (χ0n) is 20.6. The van der Waals surface area contributed by atoms with E-state index in [1.54, 1.807) is 0 Å². The van der Waals surface area contributed by atoms with Crippen LogP contribution in [-0.2, 0) is 18.0 Å². The summed E-state index contributed by atoms with van der Waals surface area (Å²) in [5, 5.41) is 53.2. The number of amides is 1. The lowest BCUT2D eigenvalue weighted by atomic mass is 10.0. The summed E-state index contributed by atoms with van der Waals surface area (Å²) in [5.74, 6) is -0.942. The van der Waals surface area contributed by atoms with Gasteiger partial charge >= 0.3 is 6.01 Å². The molecule has 6 N–H and O–H groups in total. The highest BCUT2D eigenvalue weighted by atomic mass is 16.5. The molecule has 2 heterocycles. The molecule has 1 amide bonds. The lowest BCUT2D eigenvalue weighted by Gasteiger charge is -2.42. The maximum atomic E-state index is 12.9. The van der Waals surface area contributed by atoms with Gasteiger partial charge in [0, 0.05) is 0 Å². The fraction of sp³-hybridized carbons (Fsp3) is 0.346. The van der Waals surface area contributed by atoms with E-state index in [0.29, 0.717) is 0 Å². The molecule has 12 heteroatoms. The third kappa shape index (κ3) is 6.01. The van der Waals surface area contributed by atoms with Crippen LogP contribution in [0, 0.1) is 0 Å². The number of aromatic nitrogens is 2. The molecule has 38 heavy (non-hydrogen) atoms. The second-order valence-corrected chi connectivity index (χ2v) is 8.95. The molecule has 202 valence electrons. The van der Waals surface area contributed by atoms with E-state index in [4.69, 9.17) is 14.6 Å². The van der Waals surface area contributed by atoms with Crippen LogP contribution >= 0.6 is 0 Å². The molecular formula is C26H30N4O8. The van der Waals surface area contributed by atoms with Crippen molar-refractivity contribution < 1.29 is 39.8 Å². The second kappa shape index (κ2) is 11.7. The van der Waals surface area contributed by atoms with Gasteiger partial charge in [-0.3, -0.25) is 4.79 Å². The number of carbonyl (C=O) groups excluding carboxylic acids is 1. The van der Waals surface area contributed by atoms with Crippen molar-refractivity contribution >= 4 is 17.4 Å². The third-order valence-electron chi connectivity index (χ3n) is 6.06. The van der Waals surface area contributed by atoms with Gasteiger partial charge in [0.05, 0.1) is 13.2 Å². The van der Waals surface area contributed by atoms with Gasteiger partial charge in [-0.1, -0.05) is 60.7 Å². The number of aliphatic hydroxyl groups excluding tert-OH is 4. The number of ether oxygens (including phenoxy) is 2. The van der Waals surface area contributed by atoms with Crippen molar-refractivity contribution in [2.75, 3.05) is 23.4 Å². The molecule has 1 aromatic heterocycles. The van der Waals surface area contributed by atoms with Crippen molar-refractivity contribution in [2.45, 2.75) is 44.2 Å². The average molecular weight is 527 g/mol. The maximum Gasteiger partial charge on any atom is 0.322 e. The van der Waals surface area contributed by atoms with Crippen molar-refractivity contribution in [3.63, 3.8) is 0 Å². The second-order valence-electron chi connectivity index (χ2n) is 8.95. The van der Waals surface area contributed by atoms with Crippen LogP contribution in [0.3, 0.4) is 0 Å². The molecule has 0 fully saturated rings. The number of nitrogens with one attached hydrogen (secondary N) is 1. The van der Waals surface area contributed by atoms with Crippen LogP contribution in [-0.4, -0.2) is 78.6 Å². The first-order chi connectivity index (χ1) is 18.2. The summed E-state index contributed by atoms with van der Waals surface area (Å²) >= 11 is 0. The van der Waals surface area contributed by atoms with E-state index in [2.05, 4.69) is 15.3 Å². The number of hydrogen-bond donors (Lipinski definition) is 6. The van der Waals surface area contributed by atoms with Crippen LogP contribution in [0.2, 0.25) is 0 Å². The minimum absolute atomic E-state index is 0.0221. The number of β-amino-alcohol motifs (C(OH)–C–C–N with tert-alkyl or cyclic N) is 1. The largest absolute Gasteiger partial charge is 0.471 e. The molecule has 4 rings (SSSR count). The van der Waals surface area contributed by atoms with E-state index >= 15 is 0 Å². The standard InChI is InChI=1S/C26H30N4O8/c1-26(36)24(35)27-20-22(30(26)12-18(32)21(34)19(33)13-31)28-25(38-15-17-10-6-3-7-11-17)29-23(20)37-14-16-8-4-2-5-9-16/h2-11,18-19,21,31-34,36H,12-15H2,1H3,(H,27,35)/t18-,19+,21-,26?/m0/s1. The summed E-state index contributed by atoms with van der Waals surface area (Å²) in [6.07, 6.45) is -5.10. The molecule has 0 spiro atoms. The fourth-order valence-electron chi connectivity index (χ4n) is 3.82. The molecule has 12 nitrogen and oxygen atoms in total. The molecule has 1 aliphatic rings.